The first kappa shape index (κ1) is 16.6. The van der Waals surface area contributed by atoms with Gasteiger partial charge in [0.05, 0.1) is 11.7 Å². The van der Waals surface area contributed by atoms with Gasteiger partial charge in [0, 0.05) is 19.4 Å². The maximum atomic E-state index is 12.4. The van der Waals surface area contributed by atoms with E-state index in [1.165, 1.54) is 23.5 Å². The molecule has 0 saturated carbocycles. The van der Waals surface area contributed by atoms with Crippen molar-refractivity contribution < 1.29 is 4.79 Å². The number of aryl methyl sites for hydroxylation is 1. The molecular weight excluding hydrogens is 324 g/mol. The molecule has 10 nitrogen and oxygen atoms in total. The zero-order chi connectivity index (χ0) is 17.8. The van der Waals surface area contributed by atoms with Crippen molar-refractivity contribution in [1.29, 1.82) is 0 Å². The third kappa shape index (κ3) is 3.62. The van der Waals surface area contributed by atoms with Crippen molar-refractivity contribution in [3.63, 3.8) is 0 Å². The monoisotopic (exact) mass is 342 g/mol. The Bertz CT molecular complexity index is 912. The van der Waals surface area contributed by atoms with Crippen LogP contribution in [0, 0.1) is 0 Å². The molecule has 0 aliphatic rings. The first-order chi connectivity index (χ1) is 12.1. The van der Waals surface area contributed by atoms with E-state index in [-0.39, 0.29) is 18.2 Å². The van der Waals surface area contributed by atoms with Gasteiger partial charge in [-0.05, 0) is 12.5 Å². The van der Waals surface area contributed by atoms with Gasteiger partial charge in [0.15, 0.2) is 0 Å². The topological polar surface area (TPSA) is 123 Å². The lowest BCUT2D eigenvalue weighted by Gasteiger charge is -2.17. The van der Waals surface area contributed by atoms with Crippen molar-refractivity contribution in [3.05, 3.63) is 58.6 Å². The second-order valence-electron chi connectivity index (χ2n) is 5.48. The van der Waals surface area contributed by atoms with Crippen molar-refractivity contribution in [2.75, 3.05) is 0 Å². The highest BCUT2D eigenvalue weighted by Gasteiger charge is 2.19. The molecule has 3 heterocycles. The summed E-state index contributed by atoms with van der Waals surface area (Å²) in [7, 11) is 1.80. The summed E-state index contributed by atoms with van der Waals surface area (Å²) in [5, 5.41) is 10.9. The summed E-state index contributed by atoms with van der Waals surface area (Å²) in [6.45, 7) is 2.21. The average Bonchev–Trinajstić information content (AvgIpc) is 3.24. The van der Waals surface area contributed by atoms with Gasteiger partial charge in [-0.15, -0.1) is 0 Å². The highest BCUT2D eigenvalue weighted by molar-refractivity contribution is 5.93. The number of amides is 1. The zero-order valence-corrected chi connectivity index (χ0v) is 13.9. The molecule has 0 fully saturated rings. The molecule has 3 aromatic rings. The van der Waals surface area contributed by atoms with E-state index in [4.69, 9.17) is 0 Å². The van der Waals surface area contributed by atoms with E-state index >= 15 is 0 Å². The Kier molecular flexibility index (Phi) is 4.68. The van der Waals surface area contributed by atoms with E-state index < -0.39 is 11.5 Å². The number of H-pyrrole nitrogens is 1. The molecule has 2 N–H and O–H groups in total. The fraction of sp³-hybridized carbons (Fsp3) is 0.333. The maximum Gasteiger partial charge on any atom is 0.263 e. The van der Waals surface area contributed by atoms with Gasteiger partial charge in [0.25, 0.3) is 11.5 Å². The van der Waals surface area contributed by atoms with E-state index in [0.29, 0.717) is 12.2 Å². The lowest BCUT2D eigenvalue weighted by molar-refractivity contribution is 0.0932. The van der Waals surface area contributed by atoms with Crippen LogP contribution in [0.1, 0.15) is 41.3 Å². The van der Waals surface area contributed by atoms with Gasteiger partial charge in [0.2, 0.25) is 0 Å². The highest BCUT2D eigenvalue weighted by Crippen LogP contribution is 2.15. The minimum absolute atomic E-state index is 0.0389. The standard InChI is InChI=1S/C15H18N8O2/c1-3-11(12-4-5-18-22(12)2)20-14(24)10-6-17-13(21-15(10)25)7-23-9-16-8-19-23/h4-6,8-9,11H,3,7H2,1-2H3,(H,20,24)(H,17,21,25). The second kappa shape index (κ2) is 7.07. The van der Waals surface area contributed by atoms with Crippen LogP contribution in [0.3, 0.4) is 0 Å². The van der Waals surface area contributed by atoms with Crippen LogP contribution in [0.4, 0.5) is 0 Å². The smallest absolute Gasteiger partial charge is 0.263 e. The predicted octanol–water partition coefficient (Wildman–Crippen LogP) is 0.0243. The zero-order valence-electron chi connectivity index (χ0n) is 13.9. The number of aromatic nitrogens is 7. The van der Waals surface area contributed by atoms with Crippen molar-refractivity contribution in [1.82, 2.24) is 39.8 Å². The summed E-state index contributed by atoms with van der Waals surface area (Å²) in [5.74, 6) is -0.0835. The number of nitrogens with one attached hydrogen (secondary N) is 2. The van der Waals surface area contributed by atoms with Gasteiger partial charge in [-0.1, -0.05) is 6.92 Å². The molecule has 0 bridgehead atoms. The molecular formula is C15H18N8O2. The Hall–Kier alpha value is -3.30. The molecule has 1 atom stereocenters. The average molecular weight is 342 g/mol. The molecule has 130 valence electrons. The van der Waals surface area contributed by atoms with Crippen LogP contribution >= 0.6 is 0 Å². The summed E-state index contributed by atoms with van der Waals surface area (Å²) in [5.41, 5.74) is 0.327. The summed E-state index contributed by atoms with van der Waals surface area (Å²) in [4.78, 5) is 35.2. The van der Waals surface area contributed by atoms with E-state index in [2.05, 4.69) is 30.5 Å². The number of nitrogens with zero attached hydrogens (tertiary/aromatic N) is 6. The quantitative estimate of drug-likeness (QED) is 0.651. The normalized spacial score (nSPS) is 12.1. The Labute approximate surface area is 142 Å². The van der Waals surface area contributed by atoms with Crippen LogP contribution in [0.25, 0.3) is 0 Å². The molecule has 25 heavy (non-hydrogen) atoms. The number of rotatable bonds is 6. The highest BCUT2D eigenvalue weighted by atomic mass is 16.2. The Morgan fingerprint density at radius 3 is 2.84 bits per heavy atom. The molecule has 1 amide bonds. The molecule has 0 aliphatic carbocycles. The summed E-state index contributed by atoms with van der Waals surface area (Å²) >= 11 is 0. The SMILES string of the molecule is CCC(NC(=O)c1cnc(Cn2cncn2)[nH]c1=O)c1ccnn1C. The molecule has 0 aromatic carbocycles. The van der Waals surface area contributed by atoms with Crippen LogP contribution in [-0.4, -0.2) is 40.4 Å². The van der Waals surface area contributed by atoms with E-state index in [0.717, 1.165) is 5.69 Å². The van der Waals surface area contributed by atoms with Gasteiger partial charge >= 0.3 is 0 Å². The number of hydrogen-bond acceptors (Lipinski definition) is 6. The number of hydrogen-bond donors (Lipinski definition) is 2. The second-order valence-corrected chi connectivity index (χ2v) is 5.48. The van der Waals surface area contributed by atoms with Crippen molar-refractivity contribution in [2.24, 2.45) is 7.05 Å². The van der Waals surface area contributed by atoms with Crippen molar-refractivity contribution >= 4 is 5.91 Å². The summed E-state index contributed by atoms with van der Waals surface area (Å²) < 4.78 is 3.21. The van der Waals surface area contributed by atoms with Crippen LogP contribution in [0.2, 0.25) is 0 Å². The van der Waals surface area contributed by atoms with Gasteiger partial charge in [0.1, 0.15) is 30.6 Å². The Balaban J connectivity index is 1.75. The molecule has 3 rings (SSSR count). The third-order valence-electron chi connectivity index (χ3n) is 3.80. The largest absolute Gasteiger partial charge is 0.343 e. The van der Waals surface area contributed by atoms with Crippen LogP contribution in [-0.2, 0) is 13.6 Å². The molecule has 0 radical (unpaired) electrons. The van der Waals surface area contributed by atoms with Gasteiger partial charge in [-0.2, -0.15) is 10.2 Å². The minimum Gasteiger partial charge on any atom is -0.343 e. The van der Waals surface area contributed by atoms with Crippen LogP contribution in [0.5, 0.6) is 0 Å². The Morgan fingerprint density at radius 1 is 1.40 bits per heavy atom. The van der Waals surface area contributed by atoms with Crippen molar-refractivity contribution in [3.8, 4) is 0 Å². The molecule has 3 aromatic heterocycles. The third-order valence-corrected chi connectivity index (χ3v) is 3.80. The number of carbonyl (C=O) groups is 1. The van der Waals surface area contributed by atoms with Gasteiger partial charge in [-0.25, -0.2) is 14.6 Å². The van der Waals surface area contributed by atoms with Gasteiger partial charge in [-0.3, -0.25) is 14.3 Å². The lowest BCUT2D eigenvalue weighted by Crippen LogP contribution is -2.34. The molecule has 1 unspecified atom stereocenters. The van der Waals surface area contributed by atoms with E-state index in [1.54, 1.807) is 17.9 Å². The summed E-state index contributed by atoms with van der Waals surface area (Å²) in [6.07, 6.45) is 6.51. The fourth-order valence-corrected chi connectivity index (χ4v) is 2.49. The molecule has 0 spiro atoms. The molecule has 0 saturated heterocycles. The van der Waals surface area contributed by atoms with E-state index in [9.17, 15) is 9.59 Å². The Morgan fingerprint density at radius 2 is 2.24 bits per heavy atom. The van der Waals surface area contributed by atoms with Crippen LogP contribution in [0.15, 0.2) is 35.9 Å². The molecule has 10 heteroatoms. The van der Waals surface area contributed by atoms with Crippen LogP contribution < -0.4 is 10.9 Å². The molecule has 0 aliphatic heterocycles. The first-order valence-electron chi connectivity index (χ1n) is 7.78. The summed E-state index contributed by atoms with van der Waals surface area (Å²) in [6, 6.07) is 1.59. The van der Waals surface area contributed by atoms with E-state index in [1.807, 2.05) is 13.0 Å². The maximum absolute atomic E-state index is 12.4. The first-order valence-corrected chi connectivity index (χ1v) is 7.78. The predicted molar refractivity (Wildman–Crippen MR) is 87.7 cm³/mol. The van der Waals surface area contributed by atoms with Crippen molar-refractivity contribution in [2.45, 2.75) is 25.9 Å². The lowest BCUT2D eigenvalue weighted by atomic mass is 10.1. The van der Waals surface area contributed by atoms with Gasteiger partial charge < -0.3 is 10.3 Å². The fourth-order valence-electron chi connectivity index (χ4n) is 2.49. The number of carbonyl (C=O) groups excluding carboxylic acids is 1. The number of aromatic amines is 1. The minimum atomic E-state index is -0.498.